The van der Waals surface area contributed by atoms with E-state index in [4.69, 9.17) is 5.73 Å². The van der Waals surface area contributed by atoms with Crippen LogP contribution in [-0.4, -0.2) is 41.6 Å². The second kappa shape index (κ2) is 6.87. The maximum absolute atomic E-state index is 6.08. The van der Waals surface area contributed by atoms with Crippen LogP contribution in [0.3, 0.4) is 0 Å². The monoisotopic (exact) mass is 244 g/mol. The molecule has 2 N–H and O–H groups in total. The fraction of sp³-hybridized carbons (Fsp3) is 1.00. The van der Waals surface area contributed by atoms with E-state index in [-0.39, 0.29) is 0 Å². The lowest BCUT2D eigenvalue weighted by molar-refractivity contribution is 0.0746. The van der Waals surface area contributed by atoms with Gasteiger partial charge >= 0.3 is 0 Å². The lowest BCUT2D eigenvalue weighted by atomic mass is 9.89. The average Bonchev–Trinajstić information content (AvgIpc) is 2.36. The molecule has 0 aromatic heterocycles. The van der Waals surface area contributed by atoms with Gasteiger partial charge in [-0.15, -0.1) is 0 Å². The first-order valence-electron chi connectivity index (χ1n) is 6.71. The molecule has 1 atom stereocenters. The molecular weight excluding hydrogens is 216 g/mol. The number of hydrogen-bond donors (Lipinski definition) is 1. The SMILES string of the molecule is CCC(C)CN(CC)C1(CN)CCSCC1. The molecule has 16 heavy (non-hydrogen) atoms. The van der Waals surface area contributed by atoms with E-state index in [9.17, 15) is 0 Å². The van der Waals surface area contributed by atoms with Crippen LogP contribution in [0.4, 0.5) is 0 Å². The van der Waals surface area contributed by atoms with Gasteiger partial charge in [0.1, 0.15) is 0 Å². The topological polar surface area (TPSA) is 29.3 Å². The van der Waals surface area contributed by atoms with Crippen LogP contribution in [0.15, 0.2) is 0 Å². The van der Waals surface area contributed by atoms with Gasteiger partial charge in [-0.1, -0.05) is 27.2 Å². The predicted octanol–water partition coefficient (Wildman–Crippen LogP) is 2.58. The van der Waals surface area contributed by atoms with Crippen molar-refractivity contribution in [3.8, 4) is 0 Å². The Morgan fingerprint density at radius 1 is 1.31 bits per heavy atom. The molecule has 0 amide bonds. The van der Waals surface area contributed by atoms with Gasteiger partial charge in [0.05, 0.1) is 0 Å². The van der Waals surface area contributed by atoms with E-state index >= 15 is 0 Å². The van der Waals surface area contributed by atoms with Crippen LogP contribution in [0.1, 0.15) is 40.0 Å². The average molecular weight is 244 g/mol. The van der Waals surface area contributed by atoms with Crippen LogP contribution >= 0.6 is 11.8 Å². The number of hydrogen-bond acceptors (Lipinski definition) is 3. The molecule has 1 rings (SSSR count). The smallest absolute Gasteiger partial charge is 0.0347 e. The fourth-order valence-electron chi connectivity index (χ4n) is 2.56. The van der Waals surface area contributed by atoms with Gasteiger partial charge in [0.2, 0.25) is 0 Å². The summed E-state index contributed by atoms with van der Waals surface area (Å²) in [6, 6.07) is 0. The molecule has 0 spiro atoms. The van der Waals surface area contributed by atoms with E-state index < -0.39 is 0 Å². The first kappa shape index (κ1) is 14.3. The maximum Gasteiger partial charge on any atom is 0.0347 e. The van der Waals surface area contributed by atoms with Crippen molar-refractivity contribution >= 4 is 11.8 Å². The molecule has 1 saturated heterocycles. The molecule has 1 fully saturated rings. The van der Waals surface area contributed by atoms with E-state index in [1.54, 1.807) is 0 Å². The third kappa shape index (κ3) is 3.38. The Morgan fingerprint density at radius 3 is 2.38 bits per heavy atom. The first-order chi connectivity index (χ1) is 7.68. The molecule has 0 aromatic carbocycles. The fourth-order valence-corrected chi connectivity index (χ4v) is 3.82. The zero-order valence-corrected chi connectivity index (χ0v) is 12.0. The maximum atomic E-state index is 6.08. The summed E-state index contributed by atoms with van der Waals surface area (Å²) in [7, 11) is 0. The van der Waals surface area contributed by atoms with E-state index in [0.29, 0.717) is 5.54 Å². The normalized spacial score (nSPS) is 22.3. The van der Waals surface area contributed by atoms with Crippen molar-refractivity contribution in [1.82, 2.24) is 4.90 Å². The Labute approximate surface area is 105 Å². The lowest BCUT2D eigenvalue weighted by Gasteiger charge is -2.46. The number of rotatable bonds is 6. The molecule has 3 heteroatoms. The lowest BCUT2D eigenvalue weighted by Crippen LogP contribution is -2.56. The predicted molar refractivity (Wildman–Crippen MR) is 75.0 cm³/mol. The van der Waals surface area contributed by atoms with Gasteiger partial charge in [0.15, 0.2) is 0 Å². The molecule has 0 bridgehead atoms. The van der Waals surface area contributed by atoms with E-state index in [2.05, 4.69) is 37.4 Å². The van der Waals surface area contributed by atoms with Crippen molar-refractivity contribution < 1.29 is 0 Å². The Balaban J connectivity index is 2.65. The van der Waals surface area contributed by atoms with Crippen LogP contribution in [-0.2, 0) is 0 Å². The van der Waals surface area contributed by atoms with Gasteiger partial charge in [-0.2, -0.15) is 11.8 Å². The minimum Gasteiger partial charge on any atom is -0.329 e. The Kier molecular flexibility index (Phi) is 6.16. The molecule has 1 unspecified atom stereocenters. The highest BCUT2D eigenvalue weighted by molar-refractivity contribution is 7.99. The summed E-state index contributed by atoms with van der Waals surface area (Å²) in [6.07, 6.45) is 3.82. The molecule has 1 heterocycles. The van der Waals surface area contributed by atoms with Crippen molar-refractivity contribution in [2.45, 2.75) is 45.6 Å². The van der Waals surface area contributed by atoms with E-state index in [1.807, 2.05) is 0 Å². The molecule has 0 aliphatic carbocycles. The summed E-state index contributed by atoms with van der Waals surface area (Å²) in [6.45, 7) is 10.1. The molecular formula is C13H28N2S. The van der Waals surface area contributed by atoms with Crippen LogP contribution in [0.5, 0.6) is 0 Å². The molecule has 1 aliphatic rings. The van der Waals surface area contributed by atoms with Crippen molar-refractivity contribution in [2.75, 3.05) is 31.1 Å². The second-order valence-electron chi connectivity index (χ2n) is 5.09. The summed E-state index contributed by atoms with van der Waals surface area (Å²) in [5.74, 6) is 3.36. The van der Waals surface area contributed by atoms with Crippen molar-refractivity contribution in [1.29, 1.82) is 0 Å². The van der Waals surface area contributed by atoms with Crippen molar-refractivity contribution in [3.63, 3.8) is 0 Å². The summed E-state index contributed by atoms with van der Waals surface area (Å²) >= 11 is 2.08. The van der Waals surface area contributed by atoms with Crippen molar-refractivity contribution in [2.24, 2.45) is 11.7 Å². The third-order valence-electron chi connectivity index (χ3n) is 4.08. The van der Waals surface area contributed by atoms with Crippen LogP contribution < -0.4 is 5.73 Å². The number of likely N-dealkylation sites (N-methyl/N-ethyl adjacent to an activating group) is 1. The van der Waals surface area contributed by atoms with E-state index in [0.717, 1.165) is 19.0 Å². The minimum atomic E-state index is 0.309. The summed E-state index contributed by atoms with van der Waals surface area (Å²) in [5.41, 5.74) is 6.39. The molecule has 96 valence electrons. The highest BCUT2D eigenvalue weighted by atomic mass is 32.2. The standard InChI is InChI=1S/C13H28N2S/c1-4-12(3)10-15(5-2)13(11-14)6-8-16-9-7-13/h12H,4-11,14H2,1-3H3. The minimum absolute atomic E-state index is 0.309. The largest absolute Gasteiger partial charge is 0.329 e. The van der Waals surface area contributed by atoms with Crippen LogP contribution in [0.25, 0.3) is 0 Å². The number of thioether (sulfide) groups is 1. The van der Waals surface area contributed by atoms with Gasteiger partial charge in [0, 0.05) is 18.6 Å². The van der Waals surface area contributed by atoms with Crippen LogP contribution in [0.2, 0.25) is 0 Å². The second-order valence-corrected chi connectivity index (χ2v) is 6.32. The number of nitrogens with zero attached hydrogens (tertiary/aromatic N) is 1. The highest BCUT2D eigenvalue weighted by Crippen LogP contribution is 2.32. The summed E-state index contributed by atoms with van der Waals surface area (Å²) in [4.78, 5) is 2.65. The Hall–Kier alpha value is 0.270. The summed E-state index contributed by atoms with van der Waals surface area (Å²) in [5, 5.41) is 0. The van der Waals surface area contributed by atoms with Gasteiger partial charge in [-0.3, -0.25) is 4.90 Å². The van der Waals surface area contributed by atoms with Gasteiger partial charge in [-0.05, 0) is 36.8 Å². The van der Waals surface area contributed by atoms with Gasteiger partial charge in [0.25, 0.3) is 0 Å². The van der Waals surface area contributed by atoms with Gasteiger partial charge in [-0.25, -0.2) is 0 Å². The zero-order chi connectivity index (χ0) is 12.0. The highest BCUT2D eigenvalue weighted by Gasteiger charge is 2.36. The Morgan fingerprint density at radius 2 is 1.94 bits per heavy atom. The number of nitrogens with two attached hydrogens (primary N) is 1. The zero-order valence-electron chi connectivity index (χ0n) is 11.2. The van der Waals surface area contributed by atoms with Crippen LogP contribution in [0, 0.1) is 5.92 Å². The molecule has 0 radical (unpaired) electrons. The molecule has 0 saturated carbocycles. The van der Waals surface area contributed by atoms with Crippen molar-refractivity contribution in [3.05, 3.63) is 0 Å². The summed E-state index contributed by atoms with van der Waals surface area (Å²) < 4.78 is 0. The third-order valence-corrected chi connectivity index (χ3v) is 5.07. The molecule has 0 aromatic rings. The van der Waals surface area contributed by atoms with E-state index in [1.165, 1.54) is 37.3 Å². The Bertz CT molecular complexity index is 190. The molecule has 2 nitrogen and oxygen atoms in total. The quantitative estimate of drug-likeness (QED) is 0.779. The molecule has 1 aliphatic heterocycles. The van der Waals surface area contributed by atoms with Gasteiger partial charge < -0.3 is 5.73 Å². The first-order valence-corrected chi connectivity index (χ1v) is 7.87.